The van der Waals surface area contributed by atoms with Crippen LogP contribution in [0.3, 0.4) is 0 Å². The fraction of sp³-hybridized carbons (Fsp3) is 0.773. The number of ether oxygens (including phenoxy) is 3. The average molecular weight is 518 g/mol. The lowest BCUT2D eigenvalue weighted by Crippen LogP contribution is -2.60. The van der Waals surface area contributed by atoms with Gasteiger partial charge in [0, 0.05) is 12.0 Å². The van der Waals surface area contributed by atoms with Crippen LogP contribution >= 0.6 is 0 Å². The van der Waals surface area contributed by atoms with Gasteiger partial charge < -0.3 is 14.2 Å². The number of hydrogen-bond donors (Lipinski definition) is 0. The molecule has 0 aromatic rings. The molecule has 2 unspecified atom stereocenters. The van der Waals surface area contributed by atoms with Gasteiger partial charge in [-0.25, -0.2) is 9.59 Å². The van der Waals surface area contributed by atoms with Crippen LogP contribution in [0.5, 0.6) is 0 Å². The van der Waals surface area contributed by atoms with Gasteiger partial charge in [0.2, 0.25) is 0 Å². The second kappa shape index (κ2) is 8.95. The van der Waals surface area contributed by atoms with Gasteiger partial charge in [0.1, 0.15) is 5.60 Å². The molecule has 0 aliphatic heterocycles. The minimum absolute atomic E-state index is 0.0128. The molecule has 4 rings (SSSR count). The molecule has 0 amide bonds. The molecule has 0 spiro atoms. The fourth-order valence-corrected chi connectivity index (χ4v) is 5.84. The molecule has 0 radical (unpaired) electrons. The summed E-state index contributed by atoms with van der Waals surface area (Å²) in [4.78, 5) is 36.6. The largest absolute Gasteiger partial charge is 0.465 e. The molecule has 0 saturated heterocycles. The lowest BCUT2D eigenvalue weighted by Gasteiger charge is -2.59. The summed E-state index contributed by atoms with van der Waals surface area (Å²) in [5, 5.41) is 0. The highest BCUT2D eigenvalue weighted by molar-refractivity contribution is 5.88. The van der Waals surface area contributed by atoms with Crippen molar-refractivity contribution in [1.82, 2.24) is 0 Å². The van der Waals surface area contributed by atoms with Gasteiger partial charge in [0.15, 0.2) is 6.61 Å². The molecule has 0 aromatic carbocycles. The maximum atomic E-state index is 13.5. The molecular weight excluding hydrogens is 493 g/mol. The van der Waals surface area contributed by atoms with E-state index in [2.05, 4.69) is 6.58 Å². The van der Waals surface area contributed by atoms with Gasteiger partial charge in [0.25, 0.3) is 0 Å². The SMILES string of the molecule is C=C(C)C(=O)OCC(=O)OC12CC3CC(C1)CC(C(=O)OCCC(F)(F)C(F)(F)C(F)(F)F)(C3)C2. The molecule has 6 nitrogen and oxygen atoms in total. The third-order valence-electron chi connectivity index (χ3n) is 6.90. The number of alkyl halides is 7. The van der Waals surface area contributed by atoms with E-state index in [1.54, 1.807) is 0 Å². The quantitative estimate of drug-likeness (QED) is 0.190. The van der Waals surface area contributed by atoms with Crippen molar-refractivity contribution >= 4 is 17.9 Å². The van der Waals surface area contributed by atoms with Gasteiger partial charge in [-0.3, -0.25) is 4.79 Å². The molecule has 0 heterocycles. The smallest absolute Gasteiger partial charge is 0.459 e. The molecule has 13 heteroatoms. The molecule has 4 fully saturated rings. The summed E-state index contributed by atoms with van der Waals surface area (Å²) in [5.74, 6) is -14.5. The highest BCUT2D eigenvalue weighted by atomic mass is 19.4. The van der Waals surface area contributed by atoms with Crippen LogP contribution in [0, 0.1) is 17.3 Å². The first kappa shape index (κ1) is 27.3. The van der Waals surface area contributed by atoms with Crippen LogP contribution in [0.25, 0.3) is 0 Å². The monoisotopic (exact) mass is 518 g/mol. The van der Waals surface area contributed by atoms with Gasteiger partial charge in [-0.15, -0.1) is 0 Å². The first-order chi connectivity index (χ1) is 15.9. The molecule has 198 valence electrons. The van der Waals surface area contributed by atoms with Crippen molar-refractivity contribution < 1.29 is 59.3 Å². The van der Waals surface area contributed by atoms with E-state index in [4.69, 9.17) is 14.2 Å². The second-order valence-corrected chi connectivity index (χ2v) is 9.92. The van der Waals surface area contributed by atoms with Crippen molar-refractivity contribution in [3.8, 4) is 0 Å². The minimum Gasteiger partial charge on any atom is -0.465 e. The van der Waals surface area contributed by atoms with Gasteiger partial charge in [-0.2, -0.15) is 30.7 Å². The van der Waals surface area contributed by atoms with E-state index >= 15 is 0 Å². The predicted octanol–water partition coefficient (Wildman–Crippen LogP) is 4.75. The normalized spacial score (nSPS) is 30.1. The van der Waals surface area contributed by atoms with E-state index in [1.807, 2.05) is 0 Å². The molecule has 4 aliphatic rings. The van der Waals surface area contributed by atoms with Crippen LogP contribution in [0.1, 0.15) is 51.9 Å². The lowest BCUT2D eigenvalue weighted by molar-refractivity contribution is -0.356. The van der Waals surface area contributed by atoms with Crippen LogP contribution in [0.2, 0.25) is 0 Å². The Bertz CT molecular complexity index is 883. The third kappa shape index (κ3) is 5.28. The summed E-state index contributed by atoms with van der Waals surface area (Å²) in [7, 11) is 0. The predicted molar refractivity (Wildman–Crippen MR) is 103 cm³/mol. The van der Waals surface area contributed by atoms with Crippen LogP contribution < -0.4 is 0 Å². The summed E-state index contributed by atoms with van der Waals surface area (Å²) in [6.45, 7) is 2.76. The Morgan fingerprint density at radius 1 is 0.943 bits per heavy atom. The molecule has 4 aliphatic carbocycles. The summed E-state index contributed by atoms with van der Waals surface area (Å²) in [6.07, 6.45) is -6.32. The second-order valence-electron chi connectivity index (χ2n) is 9.92. The first-order valence-electron chi connectivity index (χ1n) is 11.0. The van der Waals surface area contributed by atoms with E-state index < -0.39 is 66.6 Å². The summed E-state index contributed by atoms with van der Waals surface area (Å²) in [6, 6.07) is 0. The number of carbonyl (C=O) groups excluding carboxylic acids is 3. The summed E-state index contributed by atoms with van der Waals surface area (Å²) >= 11 is 0. The Labute approximate surface area is 196 Å². The van der Waals surface area contributed by atoms with Crippen LogP contribution in [0.4, 0.5) is 30.7 Å². The zero-order valence-corrected chi connectivity index (χ0v) is 18.8. The Hall–Kier alpha value is -2.34. The molecule has 2 atom stereocenters. The van der Waals surface area contributed by atoms with Crippen molar-refractivity contribution in [3.05, 3.63) is 12.2 Å². The molecule has 4 bridgehead atoms. The fourth-order valence-electron chi connectivity index (χ4n) is 5.84. The van der Waals surface area contributed by atoms with Crippen LogP contribution in [-0.2, 0) is 28.6 Å². The number of hydrogen-bond acceptors (Lipinski definition) is 6. The Morgan fingerprint density at radius 2 is 1.51 bits per heavy atom. The van der Waals surface area contributed by atoms with Crippen molar-refractivity contribution in [3.63, 3.8) is 0 Å². The number of rotatable bonds is 9. The molecule has 0 aromatic heterocycles. The zero-order chi connectivity index (χ0) is 26.4. The van der Waals surface area contributed by atoms with Gasteiger partial charge >= 0.3 is 35.9 Å². The van der Waals surface area contributed by atoms with E-state index in [9.17, 15) is 45.1 Å². The highest BCUT2D eigenvalue weighted by Crippen LogP contribution is 2.63. The van der Waals surface area contributed by atoms with E-state index in [-0.39, 0.29) is 23.8 Å². The highest BCUT2D eigenvalue weighted by Gasteiger charge is 2.72. The zero-order valence-electron chi connectivity index (χ0n) is 18.8. The summed E-state index contributed by atoms with van der Waals surface area (Å²) in [5.41, 5.74) is -2.24. The number of halogens is 7. The number of esters is 3. The Morgan fingerprint density at radius 3 is 2.03 bits per heavy atom. The summed E-state index contributed by atoms with van der Waals surface area (Å²) < 4.78 is 105. The van der Waals surface area contributed by atoms with E-state index in [0.29, 0.717) is 25.7 Å². The van der Waals surface area contributed by atoms with Crippen LogP contribution in [-0.4, -0.2) is 54.7 Å². The van der Waals surface area contributed by atoms with Gasteiger partial charge in [-0.1, -0.05) is 6.58 Å². The van der Waals surface area contributed by atoms with E-state index in [0.717, 1.165) is 6.42 Å². The van der Waals surface area contributed by atoms with Crippen molar-refractivity contribution in [2.24, 2.45) is 17.3 Å². The third-order valence-corrected chi connectivity index (χ3v) is 6.90. The maximum absolute atomic E-state index is 13.5. The van der Waals surface area contributed by atoms with Crippen molar-refractivity contribution in [2.45, 2.75) is 75.5 Å². The van der Waals surface area contributed by atoms with Gasteiger partial charge in [0.05, 0.1) is 18.4 Å². The molecular formula is C22H25F7O6. The van der Waals surface area contributed by atoms with E-state index in [1.165, 1.54) is 6.92 Å². The van der Waals surface area contributed by atoms with Crippen LogP contribution in [0.15, 0.2) is 12.2 Å². The maximum Gasteiger partial charge on any atom is 0.459 e. The Balaban J connectivity index is 1.64. The Kier molecular flexibility index (Phi) is 6.97. The minimum atomic E-state index is -6.46. The average Bonchev–Trinajstić information content (AvgIpc) is 2.69. The first-order valence-corrected chi connectivity index (χ1v) is 11.0. The van der Waals surface area contributed by atoms with Crippen molar-refractivity contribution in [1.29, 1.82) is 0 Å². The number of carbonyl (C=O) groups is 3. The standard InChI is InChI=1S/C22H25F7O6/c1-12(2)16(31)34-10-15(30)35-19-8-13-5-14(9-19)7-18(6-13,11-19)17(32)33-4-3-20(23,24)21(25,26)22(27,28)29/h13-14H,1,3-11H2,2H3. The molecule has 0 N–H and O–H groups in total. The topological polar surface area (TPSA) is 78.9 Å². The molecule has 4 saturated carbocycles. The lowest BCUT2D eigenvalue weighted by atomic mass is 9.48. The van der Waals surface area contributed by atoms with Crippen molar-refractivity contribution in [2.75, 3.05) is 13.2 Å². The van der Waals surface area contributed by atoms with Gasteiger partial charge in [-0.05, 0) is 50.9 Å². The molecule has 35 heavy (non-hydrogen) atoms.